The van der Waals surface area contributed by atoms with Crippen LogP contribution in [0.2, 0.25) is 0 Å². The first-order chi connectivity index (χ1) is 8.90. The van der Waals surface area contributed by atoms with Gasteiger partial charge in [0.15, 0.2) is 0 Å². The minimum atomic E-state index is 0.122. The molecule has 19 heavy (non-hydrogen) atoms. The smallest absolute Gasteiger partial charge is 0.224 e. The van der Waals surface area contributed by atoms with Gasteiger partial charge in [-0.05, 0) is 30.2 Å². The molecule has 1 rings (SSSR count). The molecule has 0 spiro atoms. The highest BCUT2D eigenvalue weighted by atomic mass is 16.1. The van der Waals surface area contributed by atoms with Gasteiger partial charge in [0.1, 0.15) is 0 Å². The Bertz CT molecular complexity index is 401. The second-order valence-electron chi connectivity index (χ2n) is 6.12. The van der Waals surface area contributed by atoms with Gasteiger partial charge in [0.2, 0.25) is 5.91 Å². The van der Waals surface area contributed by atoms with Crippen molar-refractivity contribution in [1.29, 1.82) is 0 Å². The summed E-state index contributed by atoms with van der Waals surface area (Å²) in [4.78, 5) is 12.0. The van der Waals surface area contributed by atoms with Gasteiger partial charge in [-0.25, -0.2) is 0 Å². The van der Waals surface area contributed by atoms with Gasteiger partial charge < -0.3 is 5.32 Å². The predicted molar refractivity (Wildman–Crippen MR) is 81.1 cm³/mol. The van der Waals surface area contributed by atoms with Gasteiger partial charge in [0.25, 0.3) is 0 Å². The molecule has 0 aliphatic rings. The summed E-state index contributed by atoms with van der Waals surface area (Å²) in [6.45, 7) is 11.7. The van der Waals surface area contributed by atoms with E-state index in [0.717, 1.165) is 12.1 Å². The van der Waals surface area contributed by atoms with Crippen molar-refractivity contribution in [2.75, 3.05) is 6.54 Å². The number of carbonyl (C=O) groups is 1. The van der Waals surface area contributed by atoms with Gasteiger partial charge in [-0.15, -0.1) is 0 Å². The predicted octanol–water partition coefficient (Wildman–Crippen LogP) is 3.58. The second-order valence-corrected chi connectivity index (χ2v) is 6.12. The van der Waals surface area contributed by atoms with Gasteiger partial charge in [-0.3, -0.25) is 4.79 Å². The fraction of sp³-hybridized carbons (Fsp3) is 0.588. The van der Waals surface area contributed by atoms with Crippen LogP contribution < -0.4 is 5.32 Å². The average molecular weight is 261 g/mol. The molecule has 0 saturated carbocycles. The Morgan fingerprint density at radius 1 is 1.16 bits per heavy atom. The Labute approximate surface area is 117 Å². The van der Waals surface area contributed by atoms with Crippen LogP contribution in [-0.4, -0.2) is 12.5 Å². The molecule has 0 aromatic heterocycles. The number of hydrogen-bond acceptors (Lipinski definition) is 1. The van der Waals surface area contributed by atoms with Crippen molar-refractivity contribution in [3.05, 3.63) is 35.4 Å². The van der Waals surface area contributed by atoms with Crippen LogP contribution in [0.15, 0.2) is 24.3 Å². The largest absolute Gasteiger partial charge is 0.356 e. The highest BCUT2D eigenvalue weighted by molar-refractivity contribution is 5.78. The average Bonchev–Trinajstić information content (AvgIpc) is 2.27. The third kappa shape index (κ3) is 5.46. The number of benzene rings is 1. The molecule has 0 heterocycles. The molecule has 1 aromatic carbocycles. The van der Waals surface area contributed by atoms with Crippen molar-refractivity contribution < 1.29 is 4.79 Å². The summed E-state index contributed by atoms with van der Waals surface area (Å²) in [6.07, 6.45) is 0.477. The molecule has 0 bridgehead atoms. The molecule has 2 heteroatoms. The molecule has 0 aliphatic heterocycles. The molecular weight excluding hydrogens is 234 g/mol. The van der Waals surface area contributed by atoms with E-state index in [9.17, 15) is 4.79 Å². The lowest BCUT2D eigenvalue weighted by Crippen LogP contribution is -2.34. The molecule has 106 valence electrons. The van der Waals surface area contributed by atoms with E-state index in [-0.39, 0.29) is 5.91 Å². The van der Waals surface area contributed by atoms with E-state index in [1.165, 1.54) is 5.56 Å². The second kappa shape index (κ2) is 7.32. The van der Waals surface area contributed by atoms with Crippen LogP contribution in [0.1, 0.15) is 38.8 Å². The first-order valence-corrected chi connectivity index (χ1v) is 7.22. The zero-order chi connectivity index (χ0) is 14.4. The molecule has 0 aliphatic carbocycles. The maximum atomic E-state index is 12.0. The highest BCUT2D eigenvalue weighted by Crippen LogP contribution is 2.19. The standard InChI is InChI=1S/C17H27NO/c1-12(2)16(13(3)4)11-18-17(19)10-15-8-6-7-14(5)9-15/h6-9,12-13,16H,10-11H2,1-5H3,(H,18,19). The Hall–Kier alpha value is -1.31. The van der Waals surface area contributed by atoms with E-state index in [0.29, 0.717) is 24.2 Å². The van der Waals surface area contributed by atoms with Crippen molar-refractivity contribution in [2.45, 2.75) is 41.0 Å². The quantitative estimate of drug-likeness (QED) is 0.833. The van der Waals surface area contributed by atoms with Gasteiger partial charge in [-0.2, -0.15) is 0 Å². The lowest BCUT2D eigenvalue weighted by molar-refractivity contribution is -0.120. The zero-order valence-electron chi connectivity index (χ0n) is 12.9. The number of nitrogens with one attached hydrogen (secondary N) is 1. The van der Waals surface area contributed by atoms with Crippen molar-refractivity contribution in [3.63, 3.8) is 0 Å². The highest BCUT2D eigenvalue weighted by Gasteiger charge is 2.18. The van der Waals surface area contributed by atoms with Gasteiger partial charge in [0.05, 0.1) is 6.42 Å². The fourth-order valence-electron chi connectivity index (χ4n) is 2.54. The first-order valence-electron chi connectivity index (χ1n) is 7.22. The Morgan fingerprint density at radius 3 is 2.32 bits per heavy atom. The molecule has 1 N–H and O–H groups in total. The van der Waals surface area contributed by atoms with Crippen LogP contribution in [0.25, 0.3) is 0 Å². The van der Waals surface area contributed by atoms with Crippen molar-refractivity contribution in [3.8, 4) is 0 Å². The third-order valence-corrected chi connectivity index (χ3v) is 3.69. The van der Waals surface area contributed by atoms with Crippen molar-refractivity contribution in [1.82, 2.24) is 5.32 Å². The van der Waals surface area contributed by atoms with Crippen molar-refractivity contribution >= 4 is 5.91 Å². The Kier molecular flexibility index (Phi) is 6.07. The summed E-state index contributed by atoms with van der Waals surface area (Å²) in [5.41, 5.74) is 2.29. The summed E-state index contributed by atoms with van der Waals surface area (Å²) >= 11 is 0. The molecule has 0 unspecified atom stereocenters. The number of aryl methyl sites for hydroxylation is 1. The lowest BCUT2D eigenvalue weighted by Gasteiger charge is -2.25. The third-order valence-electron chi connectivity index (χ3n) is 3.69. The minimum Gasteiger partial charge on any atom is -0.356 e. The molecule has 0 saturated heterocycles. The summed E-state index contributed by atoms with van der Waals surface area (Å²) in [7, 11) is 0. The SMILES string of the molecule is Cc1cccc(CC(=O)NCC(C(C)C)C(C)C)c1. The van der Waals surface area contributed by atoms with Crippen LogP contribution in [0, 0.1) is 24.7 Å². The maximum absolute atomic E-state index is 12.0. The van der Waals surface area contributed by atoms with E-state index in [1.54, 1.807) is 0 Å². The molecule has 0 radical (unpaired) electrons. The van der Waals surface area contributed by atoms with Crippen LogP contribution in [0.3, 0.4) is 0 Å². The van der Waals surface area contributed by atoms with Crippen LogP contribution in [0.4, 0.5) is 0 Å². The molecule has 1 amide bonds. The van der Waals surface area contributed by atoms with E-state index in [1.807, 2.05) is 12.1 Å². The van der Waals surface area contributed by atoms with E-state index >= 15 is 0 Å². The molecule has 0 fully saturated rings. The van der Waals surface area contributed by atoms with Gasteiger partial charge in [-0.1, -0.05) is 57.5 Å². The number of amides is 1. The summed E-state index contributed by atoms with van der Waals surface area (Å²) in [5, 5.41) is 3.07. The maximum Gasteiger partial charge on any atom is 0.224 e. The normalized spacial score (nSPS) is 11.4. The Balaban J connectivity index is 2.47. The molecular formula is C17H27NO. The summed E-state index contributed by atoms with van der Waals surface area (Å²) in [5.74, 6) is 1.86. The van der Waals surface area contributed by atoms with Crippen molar-refractivity contribution in [2.24, 2.45) is 17.8 Å². The van der Waals surface area contributed by atoms with Crippen LogP contribution in [-0.2, 0) is 11.2 Å². The fourth-order valence-corrected chi connectivity index (χ4v) is 2.54. The monoisotopic (exact) mass is 261 g/mol. The lowest BCUT2D eigenvalue weighted by atomic mass is 9.85. The van der Waals surface area contributed by atoms with E-state index < -0.39 is 0 Å². The van der Waals surface area contributed by atoms with E-state index in [2.05, 4.69) is 52.1 Å². The van der Waals surface area contributed by atoms with E-state index in [4.69, 9.17) is 0 Å². The zero-order valence-corrected chi connectivity index (χ0v) is 12.9. The van der Waals surface area contributed by atoms with Crippen LogP contribution >= 0.6 is 0 Å². The number of hydrogen-bond donors (Lipinski definition) is 1. The van der Waals surface area contributed by atoms with Gasteiger partial charge in [0, 0.05) is 6.54 Å². The van der Waals surface area contributed by atoms with Crippen LogP contribution in [0.5, 0.6) is 0 Å². The Morgan fingerprint density at radius 2 is 1.79 bits per heavy atom. The summed E-state index contributed by atoms with van der Waals surface area (Å²) in [6, 6.07) is 8.13. The number of carbonyl (C=O) groups excluding carboxylic acids is 1. The molecule has 2 nitrogen and oxygen atoms in total. The first kappa shape index (κ1) is 15.7. The molecule has 1 aromatic rings. The minimum absolute atomic E-state index is 0.122. The molecule has 0 atom stereocenters. The summed E-state index contributed by atoms with van der Waals surface area (Å²) < 4.78 is 0. The topological polar surface area (TPSA) is 29.1 Å². The van der Waals surface area contributed by atoms with Gasteiger partial charge >= 0.3 is 0 Å². The number of rotatable bonds is 6.